The average Bonchev–Trinajstić information content (AvgIpc) is 3.00. The summed E-state index contributed by atoms with van der Waals surface area (Å²) in [6.07, 6.45) is 4.83. The van der Waals surface area contributed by atoms with Gasteiger partial charge in [-0.2, -0.15) is 5.10 Å². The molecule has 0 atom stereocenters. The minimum atomic E-state index is -0.258. The lowest BCUT2D eigenvalue weighted by Gasteiger charge is -2.30. The number of rotatable bonds is 2. The minimum absolute atomic E-state index is 0.217. The van der Waals surface area contributed by atoms with Crippen LogP contribution in [-0.4, -0.2) is 38.9 Å². The largest absolute Gasteiger partial charge is 0.393 e. The molecule has 2 aromatic heterocycles. The highest BCUT2D eigenvalue weighted by Crippen LogP contribution is 2.27. The van der Waals surface area contributed by atoms with Crippen LogP contribution in [0.25, 0.3) is 16.8 Å². The standard InChI is InChI=1S/C17H17FN4O/c18-13-3-1-12(2-4-13)15-11-16-17(19-7-10-22(16)20-15)21-8-5-14(23)6-9-21/h1-4,7,10-11,14,23H,5-6,8-9H2. The molecule has 0 radical (unpaired) electrons. The van der Waals surface area contributed by atoms with Gasteiger partial charge in [0.25, 0.3) is 0 Å². The van der Waals surface area contributed by atoms with Crippen molar-refractivity contribution in [2.75, 3.05) is 18.0 Å². The van der Waals surface area contributed by atoms with Gasteiger partial charge >= 0.3 is 0 Å². The molecule has 1 N–H and O–H groups in total. The van der Waals surface area contributed by atoms with Crippen molar-refractivity contribution >= 4 is 11.3 Å². The van der Waals surface area contributed by atoms with E-state index in [0.29, 0.717) is 0 Å². The Bertz CT molecular complexity index is 822. The van der Waals surface area contributed by atoms with Crippen molar-refractivity contribution in [1.82, 2.24) is 14.6 Å². The monoisotopic (exact) mass is 312 g/mol. The number of fused-ring (bicyclic) bond motifs is 1. The van der Waals surface area contributed by atoms with E-state index in [4.69, 9.17) is 0 Å². The zero-order chi connectivity index (χ0) is 15.8. The Kier molecular flexibility index (Phi) is 3.46. The quantitative estimate of drug-likeness (QED) is 0.790. The summed E-state index contributed by atoms with van der Waals surface area (Å²) in [5.74, 6) is 0.618. The fraction of sp³-hybridized carbons (Fsp3) is 0.294. The number of halogens is 1. The van der Waals surface area contributed by atoms with Crippen molar-refractivity contribution in [3.8, 4) is 11.3 Å². The van der Waals surface area contributed by atoms with E-state index in [2.05, 4.69) is 15.0 Å². The van der Waals surface area contributed by atoms with Crippen molar-refractivity contribution < 1.29 is 9.50 Å². The molecular weight excluding hydrogens is 295 g/mol. The molecule has 118 valence electrons. The maximum absolute atomic E-state index is 13.1. The Morgan fingerprint density at radius 2 is 1.87 bits per heavy atom. The molecule has 0 unspecified atom stereocenters. The highest BCUT2D eigenvalue weighted by molar-refractivity contribution is 5.75. The van der Waals surface area contributed by atoms with Crippen molar-refractivity contribution in [2.24, 2.45) is 0 Å². The van der Waals surface area contributed by atoms with Gasteiger partial charge in [-0.3, -0.25) is 0 Å². The molecule has 4 rings (SSSR count). The zero-order valence-electron chi connectivity index (χ0n) is 12.6. The van der Waals surface area contributed by atoms with E-state index in [1.54, 1.807) is 22.8 Å². The van der Waals surface area contributed by atoms with E-state index in [1.807, 2.05) is 12.3 Å². The number of aromatic nitrogens is 3. The summed E-state index contributed by atoms with van der Waals surface area (Å²) in [7, 11) is 0. The lowest BCUT2D eigenvalue weighted by molar-refractivity contribution is 0.145. The third-order valence-electron chi connectivity index (χ3n) is 4.27. The predicted molar refractivity (Wildman–Crippen MR) is 85.8 cm³/mol. The Morgan fingerprint density at radius 3 is 2.61 bits per heavy atom. The minimum Gasteiger partial charge on any atom is -0.393 e. The number of hydrogen-bond acceptors (Lipinski definition) is 4. The van der Waals surface area contributed by atoms with Gasteiger partial charge in [0.2, 0.25) is 0 Å². The van der Waals surface area contributed by atoms with E-state index in [9.17, 15) is 9.50 Å². The summed E-state index contributed by atoms with van der Waals surface area (Å²) < 4.78 is 14.9. The molecule has 0 saturated carbocycles. The van der Waals surface area contributed by atoms with Crippen LogP contribution < -0.4 is 4.90 Å². The Hall–Kier alpha value is -2.47. The van der Waals surface area contributed by atoms with Gasteiger partial charge in [-0.05, 0) is 43.2 Å². The summed E-state index contributed by atoms with van der Waals surface area (Å²) in [4.78, 5) is 6.68. The molecule has 1 aliphatic rings. The fourth-order valence-corrected chi connectivity index (χ4v) is 2.99. The van der Waals surface area contributed by atoms with Gasteiger partial charge in [-0.15, -0.1) is 0 Å². The van der Waals surface area contributed by atoms with Crippen molar-refractivity contribution in [3.05, 3.63) is 48.5 Å². The molecule has 1 saturated heterocycles. The van der Waals surface area contributed by atoms with E-state index >= 15 is 0 Å². The molecule has 3 aromatic rings. The van der Waals surface area contributed by atoms with Crippen LogP contribution in [-0.2, 0) is 0 Å². The first kappa shape index (κ1) is 14.1. The van der Waals surface area contributed by atoms with E-state index in [1.165, 1.54) is 12.1 Å². The van der Waals surface area contributed by atoms with Gasteiger partial charge in [0.1, 0.15) is 11.3 Å². The molecule has 6 heteroatoms. The molecule has 23 heavy (non-hydrogen) atoms. The van der Waals surface area contributed by atoms with E-state index < -0.39 is 0 Å². The van der Waals surface area contributed by atoms with Crippen molar-refractivity contribution in [2.45, 2.75) is 18.9 Å². The topological polar surface area (TPSA) is 53.7 Å². The van der Waals surface area contributed by atoms with Crippen LogP contribution in [0.15, 0.2) is 42.7 Å². The Labute approximate surface area is 133 Å². The highest BCUT2D eigenvalue weighted by Gasteiger charge is 2.20. The molecule has 5 nitrogen and oxygen atoms in total. The lowest BCUT2D eigenvalue weighted by atomic mass is 10.1. The third kappa shape index (κ3) is 2.66. The molecule has 1 fully saturated rings. The Balaban J connectivity index is 1.74. The SMILES string of the molecule is OC1CCN(c2nccn3nc(-c4ccc(F)cc4)cc23)CC1. The van der Waals surface area contributed by atoms with Crippen molar-refractivity contribution in [1.29, 1.82) is 0 Å². The summed E-state index contributed by atoms with van der Waals surface area (Å²) in [6, 6.07) is 8.29. The molecule has 0 aliphatic carbocycles. The number of anilines is 1. The first-order valence-corrected chi connectivity index (χ1v) is 7.74. The second-order valence-corrected chi connectivity index (χ2v) is 5.84. The van der Waals surface area contributed by atoms with Crippen LogP contribution in [0.1, 0.15) is 12.8 Å². The molecule has 0 spiro atoms. The number of aliphatic hydroxyl groups excluding tert-OH is 1. The summed E-state index contributed by atoms with van der Waals surface area (Å²) in [6.45, 7) is 1.57. The smallest absolute Gasteiger partial charge is 0.154 e. The van der Waals surface area contributed by atoms with Crippen molar-refractivity contribution in [3.63, 3.8) is 0 Å². The molecule has 0 bridgehead atoms. The highest BCUT2D eigenvalue weighted by atomic mass is 19.1. The molecule has 1 aliphatic heterocycles. The van der Waals surface area contributed by atoms with Gasteiger partial charge in [0.15, 0.2) is 5.82 Å². The van der Waals surface area contributed by atoms with E-state index in [-0.39, 0.29) is 11.9 Å². The number of piperidine rings is 1. The van der Waals surface area contributed by atoms with Gasteiger partial charge in [0, 0.05) is 31.0 Å². The number of nitrogens with zero attached hydrogens (tertiary/aromatic N) is 4. The maximum atomic E-state index is 13.1. The van der Waals surface area contributed by atoms with Gasteiger partial charge in [-0.25, -0.2) is 13.9 Å². The summed E-state index contributed by atoms with van der Waals surface area (Å²) in [5, 5.41) is 14.2. The van der Waals surface area contributed by atoms with Gasteiger partial charge in [0.05, 0.1) is 11.8 Å². The first-order valence-electron chi connectivity index (χ1n) is 7.74. The van der Waals surface area contributed by atoms with Gasteiger partial charge in [-0.1, -0.05) is 0 Å². The van der Waals surface area contributed by atoms with Crippen LogP contribution in [0.3, 0.4) is 0 Å². The second kappa shape index (κ2) is 5.62. The van der Waals surface area contributed by atoms with Crippen LogP contribution >= 0.6 is 0 Å². The number of aliphatic hydroxyl groups is 1. The normalized spacial score (nSPS) is 16.2. The molecule has 0 amide bonds. The summed E-state index contributed by atoms with van der Waals surface area (Å²) in [5.41, 5.74) is 2.58. The van der Waals surface area contributed by atoms with Crippen LogP contribution in [0.4, 0.5) is 10.2 Å². The molecule has 1 aromatic carbocycles. The van der Waals surface area contributed by atoms with Gasteiger partial charge < -0.3 is 10.0 Å². The predicted octanol–water partition coefficient (Wildman–Crippen LogP) is 2.50. The first-order chi connectivity index (χ1) is 11.2. The third-order valence-corrected chi connectivity index (χ3v) is 4.27. The fourth-order valence-electron chi connectivity index (χ4n) is 2.99. The molecule has 3 heterocycles. The molecular formula is C17H17FN4O. The lowest BCUT2D eigenvalue weighted by Crippen LogP contribution is -2.36. The average molecular weight is 312 g/mol. The van der Waals surface area contributed by atoms with Crippen LogP contribution in [0.2, 0.25) is 0 Å². The number of benzene rings is 1. The maximum Gasteiger partial charge on any atom is 0.154 e. The number of hydrogen-bond donors (Lipinski definition) is 1. The van der Waals surface area contributed by atoms with Crippen LogP contribution in [0.5, 0.6) is 0 Å². The summed E-state index contributed by atoms with van der Waals surface area (Å²) >= 11 is 0. The zero-order valence-corrected chi connectivity index (χ0v) is 12.6. The second-order valence-electron chi connectivity index (χ2n) is 5.84. The Morgan fingerprint density at radius 1 is 1.13 bits per heavy atom. The van der Waals surface area contributed by atoms with Crippen LogP contribution in [0, 0.1) is 5.82 Å². The van der Waals surface area contributed by atoms with E-state index in [0.717, 1.165) is 48.5 Å².